The number of carbonyl (C=O) groups is 2. The Kier molecular flexibility index (Phi) is 8.41. The molecule has 0 aliphatic heterocycles. The molecule has 3 aromatic rings. The SMILES string of the molecule is CO/C=C(/C(=O)OC)c1ccccc1COc1cccc(C(=O)/C=C/c2ccc(C)c(C)c2)c1. The Morgan fingerprint density at radius 3 is 2.41 bits per heavy atom. The first kappa shape index (κ1) is 24.5. The number of hydrogen-bond donors (Lipinski definition) is 0. The second-order valence-corrected chi connectivity index (χ2v) is 7.77. The fraction of sp³-hybridized carbons (Fsp3) is 0.172. The number of rotatable bonds is 9. The molecule has 5 heteroatoms. The number of hydrogen-bond acceptors (Lipinski definition) is 5. The van der Waals surface area contributed by atoms with Crippen molar-refractivity contribution in [2.24, 2.45) is 0 Å². The minimum atomic E-state index is -0.502. The van der Waals surface area contributed by atoms with Gasteiger partial charge in [-0.2, -0.15) is 0 Å². The van der Waals surface area contributed by atoms with Crippen molar-refractivity contribution in [2.75, 3.05) is 14.2 Å². The maximum atomic E-state index is 12.7. The van der Waals surface area contributed by atoms with Crippen LogP contribution < -0.4 is 4.74 Å². The lowest BCUT2D eigenvalue weighted by atomic mass is 10.0. The van der Waals surface area contributed by atoms with E-state index in [1.54, 1.807) is 36.4 Å². The van der Waals surface area contributed by atoms with Crippen LogP contribution in [0.3, 0.4) is 0 Å². The molecule has 3 aromatic carbocycles. The van der Waals surface area contributed by atoms with E-state index in [1.165, 1.54) is 31.6 Å². The highest BCUT2D eigenvalue weighted by atomic mass is 16.5. The van der Waals surface area contributed by atoms with Gasteiger partial charge in [0.2, 0.25) is 0 Å². The Balaban J connectivity index is 1.75. The molecule has 0 spiro atoms. The summed E-state index contributed by atoms with van der Waals surface area (Å²) in [6, 6.07) is 20.5. The predicted molar refractivity (Wildman–Crippen MR) is 133 cm³/mol. The Bertz CT molecular complexity index is 1240. The van der Waals surface area contributed by atoms with E-state index in [1.807, 2.05) is 43.3 Å². The average molecular weight is 457 g/mol. The van der Waals surface area contributed by atoms with Crippen LogP contribution in [0, 0.1) is 13.8 Å². The quantitative estimate of drug-likeness (QED) is 0.173. The number of ketones is 1. The molecule has 0 aromatic heterocycles. The van der Waals surface area contributed by atoms with E-state index >= 15 is 0 Å². The third kappa shape index (κ3) is 6.23. The largest absolute Gasteiger partial charge is 0.503 e. The molecule has 0 unspecified atom stereocenters. The van der Waals surface area contributed by atoms with Gasteiger partial charge < -0.3 is 14.2 Å². The van der Waals surface area contributed by atoms with Crippen LogP contribution in [0.1, 0.15) is 38.2 Å². The second kappa shape index (κ2) is 11.7. The fourth-order valence-electron chi connectivity index (χ4n) is 3.39. The molecule has 0 heterocycles. The lowest BCUT2D eigenvalue weighted by Crippen LogP contribution is -2.08. The highest BCUT2D eigenvalue weighted by Gasteiger charge is 2.17. The number of esters is 1. The summed E-state index contributed by atoms with van der Waals surface area (Å²) < 4.78 is 15.9. The smallest absolute Gasteiger partial charge is 0.341 e. The molecule has 0 bridgehead atoms. The lowest BCUT2D eigenvalue weighted by Gasteiger charge is -2.13. The maximum absolute atomic E-state index is 12.7. The molecule has 0 aliphatic carbocycles. The molecule has 0 atom stereocenters. The number of allylic oxidation sites excluding steroid dienone is 1. The maximum Gasteiger partial charge on any atom is 0.341 e. The van der Waals surface area contributed by atoms with E-state index in [-0.39, 0.29) is 12.4 Å². The normalized spacial score (nSPS) is 11.4. The summed E-state index contributed by atoms with van der Waals surface area (Å²) in [5.74, 6) is -0.0619. The van der Waals surface area contributed by atoms with Crippen molar-refractivity contribution in [2.45, 2.75) is 20.5 Å². The molecule has 5 nitrogen and oxygen atoms in total. The van der Waals surface area contributed by atoms with Crippen molar-refractivity contribution in [3.63, 3.8) is 0 Å². The summed E-state index contributed by atoms with van der Waals surface area (Å²) in [6.07, 6.45) is 4.73. The number of aryl methyl sites for hydroxylation is 2. The van der Waals surface area contributed by atoms with Crippen LogP contribution in [0.4, 0.5) is 0 Å². The van der Waals surface area contributed by atoms with Crippen molar-refractivity contribution in [3.8, 4) is 5.75 Å². The molecule has 0 fully saturated rings. The van der Waals surface area contributed by atoms with Crippen LogP contribution in [0.15, 0.2) is 79.1 Å². The van der Waals surface area contributed by atoms with Crippen LogP contribution in [0.25, 0.3) is 11.6 Å². The molecule has 34 heavy (non-hydrogen) atoms. The van der Waals surface area contributed by atoms with Crippen LogP contribution in [-0.2, 0) is 20.9 Å². The molecular weight excluding hydrogens is 428 g/mol. The summed E-state index contributed by atoms with van der Waals surface area (Å²) in [5.41, 5.74) is 5.63. The van der Waals surface area contributed by atoms with Crippen LogP contribution >= 0.6 is 0 Å². The van der Waals surface area contributed by atoms with Gasteiger partial charge in [0.1, 0.15) is 17.9 Å². The zero-order valence-electron chi connectivity index (χ0n) is 19.8. The predicted octanol–water partition coefficient (Wildman–Crippen LogP) is 5.94. The van der Waals surface area contributed by atoms with Gasteiger partial charge in [0, 0.05) is 5.56 Å². The third-order valence-electron chi connectivity index (χ3n) is 5.42. The third-order valence-corrected chi connectivity index (χ3v) is 5.42. The van der Waals surface area contributed by atoms with Crippen LogP contribution in [0.5, 0.6) is 5.75 Å². The highest BCUT2D eigenvalue weighted by Crippen LogP contribution is 2.23. The number of carbonyl (C=O) groups excluding carboxylic acids is 2. The van der Waals surface area contributed by atoms with Gasteiger partial charge in [-0.05, 0) is 59.9 Å². The summed E-state index contributed by atoms with van der Waals surface area (Å²) in [5, 5.41) is 0. The Hall–Kier alpha value is -4.12. The molecule has 0 radical (unpaired) electrons. The van der Waals surface area contributed by atoms with Gasteiger partial charge in [0.15, 0.2) is 5.78 Å². The zero-order chi connectivity index (χ0) is 24.5. The topological polar surface area (TPSA) is 61.8 Å². The van der Waals surface area contributed by atoms with Gasteiger partial charge in [-0.1, -0.05) is 60.7 Å². The van der Waals surface area contributed by atoms with E-state index < -0.39 is 5.97 Å². The molecular formula is C29H28O5. The zero-order valence-corrected chi connectivity index (χ0v) is 19.8. The Labute approximate surface area is 200 Å². The van der Waals surface area contributed by atoms with Crippen LogP contribution in [-0.4, -0.2) is 26.0 Å². The van der Waals surface area contributed by atoms with Crippen molar-refractivity contribution in [3.05, 3.63) is 112 Å². The Morgan fingerprint density at radius 1 is 0.882 bits per heavy atom. The summed E-state index contributed by atoms with van der Waals surface area (Å²) in [4.78, 5) is 24.9. The van der Waals surface area contributed by atoms with E-state index in [4.69, 9.17) is 14.2 Å². The standard InChI is InChI=1S/C29H28O5/c1-20-12-13-22(16-21(20)2)14-15-28(30)23-9-7-10-25(17-23)34-18-24-8-5-6-11-26(24)27(19-32-3)29(31)33-4/h5-17,19H,18H2,1-4H3/b15-14+,27-19+. The molecule has 174 valence electrons. The molecule has 0 N–H and O–H groups in total. The van der Waals surface area contributed by atoms with Crippen molar-refractivity contribution >= 4 is 23.4 Å². The molecule has 0 aliphatic rings. The van der Waals surface area contributed by atoms with Gasteiger partial charge in [0.05, 0.1) is 20.5 Å². The molecule has 0 saturated carbocycles. The minimum absolute atomic E-state index is 0.111. The molecule has 0 saturated heterocycles. The monoisotopic (exact) mass is 456 g/mol. The van der Waals surface area contributed by atoms with E-state index in [9.17, 15) is 9.59 Å². The van der Waals surface area contributed by atoms with Gasteiger partial charge in [-0.25, -0.2) is 4.79 Å². The first-order valence-corrected chi connectivity index (χ1v) is 10.8. The lowest BCUT2D eigenvalue weighted by molar-refractivity contribution is -0.133. The van der Waals surface area contributed by atoms with Crippen LogP contribution in [0.2, 0.25) is 0 Å². The molecule has 3 rings (SSSR count). The highest BCUT2D eigenvalue weighted by molar-refractivity contribution is 6.16. The fourth-order valence-corrected chi connectivity index (χ4v) is 3.39. The summed E-state index contributed by atoms with van der Waals surface area (Å²) in [7, 11) is 2.79. The number of benzene rings is 3. The van der Waals surface area contributed by atoms with Gasteiger partial charge >= 0.3 is 5.97 Å². The van der Waals surface area contributed by atoms with Crippen molar-refractivity contribution < 1.29 is 23.8 Å². The number of ether oxygens (including phenoxy) is 3. The summed E-state index contributed by atoms with van der Waals surface area (Å²) >= 11 is 0. The van der Waals surface area contributed by atoms with Crippen molar-refractivity contribution in [1.82, 2.24) is 0 Å². The van der Waals surface area contributed by atoms with E-state index in [0.29, 0.717) is 22.4 Å². The summed E-state index contributed by atoms with van der Waals surface area (Å²) in [6.45, 7) is 4.30. The average Bonchev–Trinajstić information content (AvgIpc) is 2.86. The Morgan fingerprint density at radius 2 is 1.68 bits per heavy atom. The van der Waals surface area contributed by atoms with E-state index in [2.05, 4.69) is 13.0 Å². The minimum Gasteiger partial charge on any atom is -0.503 e. The van der Waals surface area contributed by atoms with Gasteiger partial charge in [0.25, 0.3) is 0 Å². The first-order chi connectivity index (χ1) is 16.4. The van der Waals surface area contributed by atoms with E-state index in [0.717, 1.165) is 11.1 Å². The second-order valence-electron chi connectivity index (χ2n) is 7.77. The molecule has 0 amide bonds. The first-order valence-electron chi connectivity index (χ1n) is 10.8. The van der Waals surface area contributed by atoms with Gasteiger partial charge in [-0.15, -0.1) is 0 Å². The number of methoxy groups -OCH3 is 2. The van der Waals surface area contributed by atoms with Crippen molar-refractivity contribution in [1.29, 1.82) is 0 Å². The van der Waals surface area contributed by atoms with Gasteiger partial charge in [-0.3, -0.25) is 4.79 Å².